The number of hydrogen-bond donors (Lipinski definition) is 0. The van der Waals surface area contributed by atoms with Crippen LogP contribution in [-0.4, -0.2) is 29.0 Å². The van der Waals surface area contributed by atoms with Gasteiger partial charge in [0.2, 0.25) is 5.91 Å². The lowest BCUT2D eigenvalue weighted by Crippen LogP contribution is -2.43. The number of rotatable bonds is 1. The highest BCUT2D eigenvalue weighted by molar-refractivity contribution is 6.02. The van der Waals surface area contributed by atoms with Crippen LogP contribution in [-0.2, 0) is 14.3 Å². The predicted molar refractivity (Wildman–Crippen MR) is 39.9 cm³/mol. The van der Waals surface area contributed by atoms with Crippen molar-refractivity contribution < 1.29 is 14.3 Å². The van der Waals surface area contributed by atoms with Crippen LogP contribution < -0.4 is 0 Å². The first kappa shape index (κ1) is 7.09. The van der Waals surface area contributed by atoms with Gasteiger partial charge in [0.15, 0.2) is 12.3 Å². The summed E-state index contributed by atoms with van der Waals surface area (Å²) in [5, 5.41) is 0. The van der Waals surface area contributed by atoms with E-state index in [1.165, 1.54) is 23.1 Å². The standard InChI is InChI=1S/C8H7NO3/c1-2-8-4-3-6(10)9(8)5-12-7(8)11/h2-4H,1,5H2. The van der Waals surface area contributed by atoms with E-state index < -0.39 is 11.5 Å². The smallest absolute Gasteiger partial charge is 0.342 e. The first-order chi connectivity index (χ1) is 5.70. The molecule has 1 atom stereocenters. The molecule has 2 heterocycles. The summed E-state index contributed by atoms with van der Waals surface area (Å²) in [5.74, 6) is -0.639. The fourth-order valence-corrected chi connectivity index (χ4v) is 1.41. The summed E-state index contributed by atoms with van der Waals surface area (Å²) >= 11 is 0. The third-order valence-corrected chi connectivity index (χ3v) is 2.16. The number of nitrogens with zero attached hydrogens (tertiary/aromatic N) is 1. The van der Waals surface area contributed by atoms with Crippen molar-refractivity contribution in [1.82, 2.24) is 4.90 Å². The maximum atomic E-state index is 11.2. The van der Waals surface area contributed by atoms with Gasteiger partial charge in [0.05, 0.1) is 0 Å². The molecule has 0 aromatic heterocycles. The molecule has 0 N–H and O–H groups in total. The Hall–Kier alpha value is -1.58. The second-order valence-electron chi connectivity index (χ2n) is 2.69. The minimum absolute atomic E-state index is 0.0245. The van der Waals surface area contributed by atoms with Gasteiger partial charge < -0.3 is 4.74 Å². The van der Waals surface area contributed by atoms with E-state index >= 15 is 0 Å². The van der Waals surface area contributed by atoms with E-state index in [0.717, 1.165) is 0 Å². The summed E-state index contributed by atoms with van der Waals surface area (Å²) in [6.45, 7) is 3.54. The lowest BCUT2D eigenvalue weighted by molar-refractivity contribution is -0.140. The molecule has 4 heteroatoms. The van der Waals surface area contributed by atoms with Crippen LogP contribution in [0.4, 0.5) is 0 Å². The van der Waals surface area contributed by atoms with Gasteiger partial charge in [-0.05, 0) is 6.08 Å². The zero-order valence-electron chi connectivity index (χ0n) is 6.32. The maximum Gasteiger partial charge on any atom is 0.342 e. The highest BCUT2D eigenvalue weighted by Gasteiger charge is 2.51. The minimum atomic E-state index is -1.02. The summed E-state index contributed by atoms with van der Waals surface area (Å²) in [6, 6.07) is 0. The number of amides is 1. The zero-order valence-corrected chi connectivity index (χ0v) is 6.32. The molecule has 12 heavy (non-hydrogen) atoms. The first-order valence-electron chi connectivity index (χ1n) is 3.52. The average Bonchev–Trinajstić information content (AvgIpc) is 2.55. The van der Waals surface area contributed by atoms with Gasteiger partial charge in [-0.3, -0.25) is 9.69 Å². The van der Waals surface area contributed by atoms with Crippen LogP contribution in [0.1, 0.15) is 0 Å². The number of carbonyl (C=O) groups is 2. The van der Waals surface area contributed by atoms with Crippen LogP contribution in [0.2, 0.25) is 0 Å². The summed E-state index contributed by atoms with van der Waals surface area (Å²) in [4.78, 5) is 23.7. The molecule has 1 saturated heterocycles. The molecule has 0 saturated carbocycles. The molecule has 4 nitrogen and oxygen atoms in total. The van der Waals surface area contributed by atoms with Crippen molar-refractivity contribution in [1.29, 1.82) is 0 Å². The predicted octanol–water partition coefficient (Wildman–Crippen LogP) is -0.176. The van der Waals surface area contributed by atoms with Gasteiger partial charge in [-0.2, -0.15) is 0 Å². The molecular formula is C8H7NO3. The second-order valence-corrected chi connectivity index (χ2v) is 2.69. The van der Waals surface area contributed by atoms with Crippen LogP contribution in [0.15, 0.2) is 24.8 Å². The number of cyclic esters (lactones) is 1. The highest BCUT2D eigenvalue weighted by atomic mass is 16.6. The SMILES string of the molecule is C=CC12C=CC(=O)N1COC2=O. The monoisotopic (exact) mass is 165 g/mol. The number of hydrogen-bond acceptors (Lipinski definition) is 3. The molecule has 0 bridgehead atoms. The molecule has 2 rings (SSSR count). The molecule has 0 radical (unpaired) electrons. The third kappa shape index (κ3) is 0.574. The summed E-state index contributed by atoms with van der Waals surface area (Å²) in [5.41, 5.74) is -1.02. The van der Waals surface area contributed by atoms with E-state index in [4.69, 9.17) is 4.74 Å². The van der Waals surface area contributed by atoms with E-state index in [0.29, 0.717) is 0 Å². The molecule has 1 unspecified atom stereocenters. The van der Waals surface area contributed by atoms with Crippen LogP contribution in [0.3, 0.4) is 0 Å². The molecule has 2 aliphatic rings. The number of fused-ring (bicyclic) bond motifs is 1. The Balaban J connectivity index is 2.50. The van der Waals surface area contributed by atoms with Gasteiger partial charge in [-0.1, -0.05) is 12.7 Å². The Morgan fingerprint density at radius 3 is 3.00 bits per heavy atom. The van der Waals surface area contributed by atoms with E-state index in [1.54, 1.807) is 0 Å². The topological polar surface area (TPSA) is 46.6 Å². The molecule has 0 aliphatic carbocycles. The lowest BCUT2D eigenvalue weighted by atomic mass is 10.0. The van der Waals surface area contributed by atoms with Gasteiger partial charge in [0.1, 0.15) is 0 Å². The molecule has 1 amide bonds. The van der Waals surface area contributed by atoms with Crippen molar-refractivity contribution in [2.75, 3.05) is 6.73 Å². The molecular weight excluding hydrogens is 158 g/mol. The Kier molecular flexibility index (Phi) is 1.16. The molecule has 2 aliphatic heterocycles. The van der Waals surface area contributed by atoms with E-state index in [2.05, 4.69) is 6.58 Å². The van der Waals surface area contributed by atoms with Gasteiger partial charge >= 0.3 is 5.97 Å². The summed E-state index contributed by atoms with van der Waals surface area (Å²) in [6.07, 6.45) is 4.30. The number of ether oxygens (including phenoxy) is 1. The lowest BCUT2D eigenvalue weighted by Gasteiger charge is -2.20. The van der Waals surface area contributed by atoms with Gasteiger partial charge in [-0.15, -0.1) is 0 Å². The van der Waals surface area contributed by atoms with Crippen molar-refractivity contribution in [3.05, 3.63) is 24.8 Å². The third-order valence-electron chi connectivity index (χ3n) is 2.16. The molecule has 1 fully saturated rings. The number of esters is 1. The minimum Gasteiger partial charge on any atom is -0.442 e. The van der Waals surface area contributed by atoms with Crippen molar-refractivity contribution in [2.45, 2.75) is 5.54 Å². The van der Waals surface area contributed by atoms with Crippen LogP contribution >= 0.6 is 0 Å². The summed E-state index contributed by atoms with van der Waals surface area (Å²) < 4.78 is 4.73. The van der Waals surface area contributed by atoms with E-state index in [9.17, 15) is 9.59 Å². The van der Waals surface area contributed by atoms with Gasteiger partial charge in [-0.25, -0.2) is 4.79 Å². The molecule has 0 aromatic rings. The molecule has 0 spiro atoms. The van der Waals surface area contributed by atoms with Crippen molar-refractivity contribution >= 4 is 11.9 Å². The largest absolute Gasteiger partial charge is 0.442 e. The zero-order chi connectivity index (χ0) is 8.77. The van der Waals surface area contributed by atoms with Crippen molar-refractivity contribution in [3.63, 3.8) is 0 Å². The highest BCUT2D eigenvalue weighted by Crippen LogP contribution is 2.31. The van der Waals surface area contributed by atoms with Gasteiger partial charge in [0, 0.05) is 6.08 Å². The molecule has 0 aromatic carbocycles. The fraction of sp³-hybridized carbons (Fsp3) is 0.250. The summed E-state index contributed by atoms with van der Waals surface area (Å²) in [7, 11) is 0. The Morgan fingerprint density at radius 2 is 2.42 bits per heavy atom. The Labute approximate surface area is 69.1 Å². The van der Waals surface area contributed by atoms with E-state index in [1.807, 2.05) is 0 Å². The fourth-order valence-electron chi connectivity index (χ4n) is 1.41. The Morgan fingerprint density at radius 1 is 1.67 bits per heavy atom. The van der Waals surface area contributed by atoms with Crippen molar-refractivity contribution in [2.24, 2.45) is 0 Å². The quantitative estimate of drug-likeness (QED) is 0.400. The normalized spacial score (nSPS) is 32.2. The molecule has 62 valence electrons. The second kappa shape index (κ2) is 1.97. The van der Waals surface area contributed by atoms with Crippen LogP contribution in [0, 0.1) is 0 Å². The number of carbonyl (C=O) groups excluding carboxylic acids is 2. The van der Waals surface area contributed by atoms with Crippen LogP contribution in [0.5, 0.6) is 0 Å². The van der Waals surface area contributed by atoms with Crippen LogP contribution in [0.25, 0.3) is 0 Å². The average molecular weight is 165 g/mol. The van der Waals surface area contributed by atoms with Gasteiger partial charge in [0.25, 0.3) is 0 Å². The maximum absolute atomic E-state index is 11.2. The van der Waals surface area contributed by atoms with Crippen molar-refractivity contribution in [3.8, 4) is 0 Å². The van der Waals surface area contributed by atoms with E-state index in [-0.39, 0.29) is 12.6 Å². The first-order valence-corrected chi connectivity index (χ1v) is 3.52. The Bertz CT molecular complexity index is 307.